The van der Waals surface area contributed by atoms with Crippen molar-refractivity contribution in [2.75, 3.05) is 0 Å². The predicted molar refractivity (Wildman–Crippen MR) is 98.6 cm³/mol. The Morgan fingerprint density at radius 3 is 2.67 bits per heavy atom. The summed E-state index contributed by atoms with van der Waals surface area (Å²) >= 11 is 1.63. The van der Waals surface area contributed by atoms with Crippen LogP contribution in [0.3, 0.4) is 0 Å². The van der Waals surface area contributed by atoms with Crippen molar-refractivity contribution in [2.45, 2.75) is 45.1 Å². The fourth-order valence-corrected chi connectivity index (χ4v) is 4.53. The molecule has 4 rings (SSSR count). The first-order chi connectivity index (χ1) is 11.7. The summed E-state index contributed by atoms with van der Waals surface area (Å²) in [7, 11) is 0. The van der Waals surface area contributed by atoms with Gasteiger partial charge in [-0.1, -0.05) is 49.6 Å². The fraction of sp³-hybridized carbons (Fsp3) is 0.350. The summed E-state index contributed by atoms with van der Waals surface area (Å²) in [6.45, 7) is 2.00. The van der Waals surface area contributed by atoms with E-state index in [1.807, 2.05) is 43.3 Å². The smallest absolute Gasteiger partial charge is 0.256 e. The Morgan fingerprint density at radius 1 is 1.17 bits per heavy atom. The van der Waals surface area contributed by atoms with Gasteiger partial charge in [0.15, 0.2) is 5.58 Å². The topological polar surface area (TPSA) is 42.2 Å². The summed E-state index contributed by atoms with van der Waals surface area (Å²) in [4.78, 5) is 13.8. The van der Waals surface area contributed by atoms with Crippen LogP contribution in [-0.2, 0) is 0 Å². The van der Waals surface area contributed by atoms with Gasteiger partial charge in [-0.25, -0.2) is 0 Å². The molecule has 3 nitrogen and oxygen atoms in total. The van der Waals surface area contributed by atoms with Gasteiger partial charge in [0.25, 0.3) is 5.91 Å². The van der Waals surface area contributed by atoms with Crippen LogP contribution in [0.1, 0.15) is 47.3 Å². The summed E-state index contributed by atoms with van der Waals surface area (Å²) in [5.41, 5.74) is 2.48. The van der Waals surface area contributed by atoms with Crippen molar-refractivity contribution in [3.63, 3.8) is 0 Å². The van der Waals surface area contributed by atoms with Crippen molar-refractivity contribution < 1.29 is 9.21 Å². The van der Waals surface area contributed by atoms with Crippen LogP contribution in [0.15, 0.2) is 40.8 Å². The molecule has 0 atom stereocenters. The van der Waals surface area contributed by atoms with Crippen LogP contribution < -0.4 is 5.32 Å². The van der Waals surface area contributed by atoms with Gasteiger partial charge < -0.3 is 9.73 Å². The number of fused-ring (bicyclic) bond motifs is 1. The van der Waals surface area contributed by atoms with Crippen LogP contribution in [0, 0.1) is 6.92 Å². The van der Waals surface area contributed by atoms with E-state index in [0.29, 0.717) is 11.6 Å². The Bertz CT molecular complexity index is 857. The monoisotopic (exact) mass is 339 g/mol. The van der Waals surface area contributed by atoms with Crippen molar-refractivity contribution in [3.05, 3.63) is 46.8 Å². The highest BCUT2D eigenvalue weighted by atomic mass is 32.1. The maximum absolute atomic E-state index is 12.8. The average molecular weight is 339 g/mol. The molecule has 1 fully saturated rings. The lowest BCUT2D eigenvalue weighted by Crippen LogP contribution is -2.36. The van der Waals surface area contributed by atoms with E-state index in [-0.39, 0.29) is 5.91 Å². The molecule has 2 aromatic heterocycles. The number of thiophene rings is 1. The third kappa shape index (κ3) is 2.86. The number of amides is 1. The Balaban J connectivity index is 1.65. The molecule has 1 aliphatic rings. The summed E-state index contributed by atoms with van der Waals surface area (Å²) in [5.74, 6) is 0.836. The first kappa shape index (κ1) is 15.5. The van der Waals surface area contributed by atoms with Crippen molar-refractivity contribution in [1.82, 2.24) is 5.32 Å². The second-order valence-electron chi connectivity index (χ2n) is 6.51. The lowest BCUT2D eigenvalue weighted by molar-refractivity contribution is 0.0928. The minimum absolute atomic E-state index is 0.0135. The Labute approximate surface area is 145 Å². The van der Waals surface area contributed by atoms with Gasteiger partial charge in [-0.3, -0.25) is 4.79 Å². The zero-order valence-corrected chi connectivity index (χ0v) is 14.6. The zero-order valence-electron chi connectivity index (χ0n) is 13.8. The van der Waals surface area contributed by atoms with Gasteiger partial charge in [0, 0.05) is 22.5 Å². The van der Waals surface area contributed by atoms with E-state index in [1.54, 1.807) is 11.3 Å². The number of hydrogen-bond acceptors (Lipinski definition) is 3. The molecule has 2 heterocycles. The Morgan fingerprint density at radius 2 is 1.92 bits per heavy atom. The number of benzene rings is 1. The van der Waals surface area contributed by atoms with Crippen molar-refractivity contribution in [1.29, 1.82) is 0 Å². The first-order valence-electron chi connectivity index (χ1n) is 8.61. The average Bonchev–Trinajstić information content (AvgIpc) is 3.13. The van der Waals surface area contributed by atoms with E-state index >= 15 is 0 Å². The van der Waals surface area contributed by atoms with Crippen LogP contribution in [-0.4, -0.2) is 11.9 Å². The minimum Gasteiger partial charge on any atom is -0.454 e. The second-order valence-corrected chi connectivity index (χ2v) is 7.77. The molecule has 4 heteroatoms. The Hall–Kier alpha value is -2.07. The van der Waals surface area contributed by atoms with Crippen LogP contribution in [0.5, 0.6) is 0 Å². The maximum atomic E-state index is 12.8. The van der Waals surface area contributed by atoms with E-state index in [1.165, 1.54) is 19.3 Å². The molecule has 0 aliphatic heterocycles. The van der Waals surface area contributed by atoms with E-state index in [0.717, 1.165) is 39.3 Å². The van der Waals surface area contributed by atoms with Crippen LogP contribution in [0.2, 0.25) is 0 Å². The third-order valence-corrected chi connectivity index (χ3v) is 5.80. The quantitative estimate of drug-likeness (QED) is 0.681. The van der Waals surface area contributed by atoms with E-state index < -0.39 is 0 Å². The predicted octanol–water partition coefficient (Wildman–Crippen LogP) is 5.53. The third-order valence-electron chi connectivity index (χ3n) is 4.77. The molecule has 1 aromatic carbocycles. The normalized spacial score (nSPS) is 15.7. The van der Waals surface area contributed by atoms with Crippen LogP contribution in [0.25, 0.3) is 21.6 Å². The van der Waals surface area contributed by atoms with Gasteiger partial charge in [-0.2, -0.15) is 0 Å². The highest BCUT2D eigenvalue weighted by Crippen LogP contribution is 2.37. The van der Waals surface area contributed by atoms with Gasteiger partial charge in [0.1, 0.15) is 5.76 Å². The molecular formula is C20H21NO2S. The zero-order chi connectivity index (χ0) is 16.5. The second kappa shape index (κ2) is 6.44. The number of aryl methyl sites for hydroxylation is 1. The highest BCUT2D eigenvalue weighted by Gasteiger charge is 2.24. The van der Waals surface area contributed by atoms with Crippen molar-refractivity contribution >= 4 is 27.5 Å². The largest absolute Gasteiger partial charge is 0.454 e. The standard InChI is InChI=1S/C20H21NO2S/c1-13-18(20(22)21-15-10-6-3-7-11-15)19-17(24-13)12-16(23-19)14-8-4-2-5-9-14/h2,4-5,8-9,12,15H,3,6-7,10-11H2,1H3,(H,21,22). The Kier molecular flexibility index (Phi) is 4.15. The van der Waals surface area contributed by atoms with Gasteiger partial charge in [-0.05, 0) is 19.8 Å². The number of rotatable bonds is 3. The number of carbonyl (C=O) groups excluding carboxylic acids is 1. The molecule has 0 spiro atoms. The summed E-state index contributed by atoms with van der Waals surface area (Å²) < 4.78 is 7.11. The molecular weight excluding hydrogens is 318 g/mol. The summed E-state index contributed by atoms with van der Waals surface area (Å²) in [6.07, 6.45) is 5.88. The molecule has 3 aromatic rings. The van der Waals surface area contributed by atoms with Gasteiger partial charge in [0.05, 0.1) is 10.3 Å². The van der Waals surface area contributed by atoms with Crippen LogP contribution in [0.4, 0.5) is 0 Å². The van der Waals surface area contributed by atoms with Crippen LogP contribution >= 0.6 is 11.3 Å². The molecule has 0 unspecified atom stereocenters. The maximum Gasteiger partial charge on any atom is 0.256 e. The molecule has 0 radical (unpaired) electrons. The van der Waals surface area contributed by atoms with Gasteiger partial charge in [0.2, 0.25) is 0 Å². The number of carbonyl (C=O) groups is 1. The molecule has 1 N–H and O–H groups in total. The number of nitrogens with one attached hydrogen (secondary N) is 1. The minimum atomic E-state index is 0.0135. The van der Waals surface area contributed by atoms with Crippen molar-refractivity contribution in [3.8, 4) is 11.3 Å². The summed E-state index contributed by atoms with van der Waals surface area (Å²) in [6, 6.07) is 12.4. The summed E-state index contributed by atoms with van der Waals surface area (Å²) in [5, 5.41) is 3.21. The SMILES string of the molecule is Cc1sc2cc(-c3ccccc3)oc2c1C(=O)NC1CCCCC1. The van der Waals surface area contributed by atoms with E-state index in [9.17, 15) is 4.79 Å². The van der Waals surface area contributed by atoms with Gasteiger partial charge >= 0.3 is 0 Å². The van der Waals surface area contributed by atoms with Gasteiger partial charge in [-0.15, -0.1) is 11.3 Å². The number of hydrogen-bond donors (Lipinski definition) is 1. The lowest BCUT2D eigenvalue weighted by atomic mass is 9.95. The highest BCUT2D eigenvalue weighted by molar-refractivity contribution is 7.19. The molecule has 0 saturated heterocycles. The van der Waals surface area contributed by atoms with E-state index in [2.05, 4.69) is 5.32 Å². The van der Waals surface area contributed by atoms with E-state index in [4.69, 9.17) is 4.42 Å². The number of furan rings is 1. The molecule has 124 valence electrons. The first-order valence-corrected chi connectivity index (χ1v) is 9.43. The molecule has 24 heavy (non-hydrogen) atoms. The molecule has 0 bridgehead atoms. The molecule has 1 amide bonds. The molecule has 1 aliphatic carbocycles. The van der Waals surface area contributed by atoms with Crippen molar-refractivity contribution in [2.24, 2.45) is 0 Å². The fourth-order valence-electron chi connectivity index (χ4n) is 3.51. The molecule has 1 saturated carbocycles. The lowest BCUT2D eigenvalue weighted by Gasteiger charge is -2.22.